The molecular formula is C13H18N4O2S2. The van der Waals surface area contributed by atoms with Crippen molar-refractivity contribution in [3.05, 3.63) is 18.2 Å². The number of nitrogens with one attached hydrogen (secondary N) is 2. The van der Waals surface area contributed by atoms with Crippen molar-refractivity contribution in [2.45, 2.75) is 49.7 Å². The molecule has 0 unspecified atom stereocenters. The molecule has 0 bridgehead atoms. The first-order chi connectivity index (χ1) is 9.97. The Kier molecular flexibility index (Phi) is 3.96. The minimum atomic E-state index is -3.57. The predicted molar refractivity (Wildman–Crippen MR) is 82.8 cm³/mol. The molecule has 2 N–H and O–H groups in total. The smallest absolute Gasteiger partial charge is 0.243 e. The number of nitrogens with zero attached hydrogens (tertiary/aromatic N) is 2. The van der Waals surface area contributed by atoms with Gasteiger partial charge in [0.15, 0.2) is 0 Å². The summed E-state index contributed by atoms with van der Waals surface area (Å²) in [4.78, 5) is 0.212. The van der Waals surface area contributed by atoms with Crippen LogP contribution in [0.25, 0.3) is 11.0 Å². The maximum Gasteiger partial charge on any atom is 0.243 e. The van der Waals surface area contributed by atoms with E-state index in [1.807, 2.05) is 0 Å². The number of hydrogen-bond donors (Lipinski definition) is 2. The first-order valence-electron chi connectivity index (χ1n) is 6.97. The molecule has 1 aliphatic carbocycles. The SMILES string of the molecule is CC(C)N[C@@H]1CC[C@@H]1NS(=O)(=O)c1cccc2nsnc12. The summed E-state index contributed by atoms with van der Waals surface area (Å²) in [5.41, 5.74) is 1.07. The molecule has 1 fully saturated rings. The third kappa shape index (κ3) is 2.94. The van der Waals surface area contributed by atoms with E-state index in [4.69, 9.17) is 0 Å². The standard InChI is InChI=1S/C13H18N4O2S2/c1-8(2)14-9-6-7-10(9)17-21(18,19)12-5-3-4-11-13(12)16-20-15-11/h3-5,8-10,14,17H,6-7H2,1-2H3/t9-,10+/m1/s1. The lowest BCUT2D eigenvalue weighted by Gasteiger charge is -2.38. The van der Waals surface area contributed by atoms with Gasteiger partial charge in [-0.25, -0.2) is 13.1 Å². The second kappa shape index (κ2) is 5.60. The van der Waals surface area contributed by atoms with Crippen LogP contribution in [0.4, 0.5) is 0 Å². The highest BCUT2D eigenvalue weighted by Crippen LogP contribution is 2.25. The van der Waals surface area contributed by atoms with Crippen LogP contribution in [0.5, 0.6) is 0 Å². The minimum Gasteiger partial charge on any atom is -0.310 e. The van der Waals surface area contributed by atoms with Gasteiger partial charge in [0.2, 0.25) is 10.0 Å². The largest absolute Gasteiger partial charge is 0.310 e. The van der Waals surface area contributed by atoms with Gasteiger partial charge in [-0.2, -0.15) is 8.75 Å². The molecule has 8 heteroatoms. The molecule has 1 aromatic heterocycles. The van der Waals surface area contributed by atoms with Gasteiger partial charge in [-0.05, 0) is 25.0 Å². The molecule has 2 aromatic rings. The highest BCUT2D eigenvalue weighted by Gasteiger charge is 2.35. The lowest BCUT2D eigenvalue weighted by molar-refractivity contribution is 0.252. The molecule has 0 saturated heterocycles. The monoisotopic (exact) mass is 326 g/mol. The first kappa shape index (κ1) is 14.8. The van der Waals surface area contributed by atoms with Crippen molar-refractivity contribution in [2.24, 2.45) is 0 Å². The molecule has 3 rings (SSSR count). The molecule has 1 saturated carbocycles. The zero-order valence-corrected chi connectivity index (χ0v) is 13.5. The molecule has 21 heavy (non-hydrogen) atoms. The highest BCUT2D eigenvalue weighted by atomic mass is 32.2. The quantitative estimate of drug-likeness (QED) is 0.870. The van der Waals surface area contributed by atoms with Crippen LogP contribution < -0.4 is 10.0 Å². The van der Waals surface area contributed by atoms with Crippen LogP contribution in [0, 0.1) is 0 Å². The van der Waals surface area contributed by atoms with Gasteiger partial charge < -0.3 is 5.32 Å². The molecule has 1 heterocycles. The summed E-state index contributed by atoms with van der Waals surface area (Å²) in [5.74, 6) is 0. The predicted octanol–water partition coefficient (Wildman–Crippen LogP) is 1.50. The number of benzene rings is 1. The van der Waals surface area contributed by atoms with Gasteiger partial charge in [0.25, 0.3) is 0 Å². The van der Waals surface area contributed by atoms with Gasteiger partial charge in [-0.3, -0.25) is 0 Å². The van der Waals surface area contributed by atoms with Crippen LogP contribution in [0.15, 0.2) is 23.1 Å². The number of aromatic nitrogens is 2. The molecule has 2 atom stereocenters. The van der Waals surface area contributed by atoms with Gasteiger partial charge >= 0.3 is 0 Å². The Morgan fingerprint density at radius 2 is 2.00 bits per heavy atom. The summed E-state index contributed by atoms with van der Waals surface area (Å²) >= 11 is 1.03. The average Bonchev–Trinajstić information content (AvgIpc) is 2.89. The van der Waals surface area contributed by atoms with E-state index in [-0.39, 0.29) is 17.0 Å². The van der Waals surface area contributed by atoms with E-state index in [0.717, 1.165) is 24.6 Å². The van der Waals surface area contributed by atoms with Crippen LogP contribution in [0.1, 0.15) is 26.7 Å². The highest BCUT2D eigenvalue weighted by molar-refractivity contribution is 7.89. The maximum atomic E-state index is 12.6. The zero-order chi connectivity index (χ0) is 15.0. The molecule has 1 aromatic carbocycles. The lowest BCUT2D eigenvalue weighted by atomic mass is 9.87. The van der Waals surface area contributed by atoms with Gasteiger partial charge in [0.1, 0.15) is 15.9 Å². The Balaban J connectivity index is 1.83. The normalized spacial score (nSPS) is 22.6. The summed E-state index contributed by atoms with van der Waals surface area (Å²) in [6.07, 6.45) is 1.85. The van der Waals surface area contributed by atoms with Crippen LogP contribution in [-0.4, -0.2) is 35.3 Å². The minimum absolute atomic E-state index is 0.0562. The summed E-state index contributed by atoms with van der Waals surface area (Å²) in [5, 5.41) is 3.38. The van der Waals surface area contributed by atoms with E-state index in [2.05, 4.69) is 32.6 Å². The van der Waals surface area contributed by atoms with Gasteiger partial charge in [-0.1, -0.05) is 19.9 Å². The summed E-state index contributed by atoms with van der Waals surface area (Å²) in [7, 11) is -3.57. The topological polar surface area (TPSA) is 84.0 Å². The fraction of sp³-hybridized carbons (Fsp3) is 0.538. The van der Waals surface area contributed by atoms with Crippen LogP contribution in [0.2, 0.25) is 0 Å². The Bertz CT molecular complexity index is 741. The summed E-state index contributed by atoms with van der Waals surface area (Å²) in [6.45, 7) is 4.12. The molecule has 0 radical (unpaired) electrons. The fourth-order valence-electron chi connectivity index (χ4n) is 2.53. The number of sulfonamides is 1. The third-order valence-electron chi connectivity index (χ3n) is 3.67. The Hall–Kier alpha value is -1.09. The average molecular weight is 326 g/mol. The van der Waals surface area contributed by atoms with Gasteiger partial charge in [0.05, 0.1) is 11.7 Å². The van der Waals surface area contributed by atoms with Crippen molar-refractivity contribution in [3.63, 3.8) is 0 Å². The van der Waals surface area contributed by atoms with Crippen LogP contribution in [-0.2, 0) is 10.0 Å². The van der Waals surface area contributed by atoms with Crippen LogP contribution >= 0.6 is 11.7 Å². The van der Waals surface area contributed by atoms with Crippen LogP contribution in [0.3, 0.4) is 0 Å². The molecular weight excluding hydrogens is 308 g/mol. The van der Waals surface area contributed by atoms with E-state index < -0.39 is 10.0 Å². The lowest BCUT2D eigenvalue weighted by Crippen LogP contribution is -2.58. The Morgan fingerprint density at radius 3 is 2.67 bits per heavy atom. The Morgan fingerprint density at radius 1 is 1.24 bits per heavy atom. The second-order valence-corrected chi connectivity index (χ2v) is 7.83. The number of fused-ring (bicyclic) bond motifs is 1. The van der Waals surface area contributed by atoms with Crippen molar-refractivity contribution >= 4 is 32.8 Å². The first-order valence-corrected chi connectivity index (χ1v) is 9.18. The molecule has 6 nitrogen and oxygen atoms in total. The fourth-order valence-corrected chi connectivity index (χ4v) is 4.61. The summed E-state index contributed by atoms with van der Waals surface area (Å²) in [6, 6.07) is 5.53. The van der Waals surface area contributed by atoms with Gasteiger partial charge in [0, 0.05) is 18.1 Å². The summed E-state index contributed by atoms with van der Waals surface area (Å²) < 4.78 is 36.1. The maximum absolute atomic E-state index is 12.6. The number of hydrogen-bond acceptors (Lipinski definition) is 6. The van der Waals surface area contributed by atoms with Crippen molar-refractivity contribution in [1.29, 1.82) is 0 Å². The van der Waals surface area contributed by atoms with E-state index in [1.165, 1.54) is 0 Å². The van der Waals surface area contributed by atoms with Crippen molar-refractivity contribution in [3.8, 4) is 0 Å². The molecule has 0 amide bonds. The van der Waals surface area contributed by atoms with Gasteiger partial charge in [-0.15, -0.1) is 0 Å². The van der Waals surface area contributed by atoms with Crippen molar-refractivity contribution < 1.29 is 8.42 Å². The second-order valence-electron chi connectivity index (χ2n) is 5.62. The van der Waals surface area contributed by atoms with E-state index in [0.29, 0.717) is 17.1 Å². The molecule has 0 spiro atoms. The molecule has 1 aliphatic rings. The van der Waals surface area contributed by atoms with Crippen molar-refractivity contribution in [2.75, 3.05) is 0 Å². The zero-order valence-electron chi connectivity index (χ0n) is 11.9. The Labute approximate surface area is 128 Å². The van der Waals surface area contributed by atoms with E-state index in [9.17, 15) is 8.42 Å². The molecule has 114 valence electrons. The van der Waals surface area contributed by atoms with E-state index in [1.54, 1.807) is 18.2 Å². The van der Waals surface area contributed by atoms with Crippen molar-refractivity contribution in [1.82, 2.24) is 18.8 Å². The molecule has 0 aliphatic heterocycles. The van der Waals surface area contributed by atoms with E-state index >= 15 is 0 Å². The number of rotatable bonds is 5. The third-order valence-corrected chi connectivity index (χ3v) is 5.73.